The Kier molecular flexibility index (Phi) is 4.45. The zero-order chi connectivity index (χ0) is 17.1. The number of carbonyl (C=O) groups is 2. The molecule has 0 aliphatic carbocycles. The van der Waals surface area contributed by atoms with E-state index in [-0.39, 0.29) is 11.8 Å². The molecule has 1 aliphatic heterocycles. The van der Waals surface area contributed by atoms with E-state index >= 15 is 0 Å². The van der Waals surface area contributed by atoms with Gasteiger partial charge in [0.05, 0.1) is 22.5 Å². The number of benzene rings is 1. The van der Waals surface area contributed by atoms with E-state index < -0.39 is 5.92 Å². The molecule has 1 N–H and O–H groups in total. The average molecular weight is 341 g/mol. The Morgan fingerprint density at radius 2 is 2.21 bits per heavy atom. The van der Waals surface area contributed by atoms with Crippen LogP contribution in [0.25, 0.3) is 0 Å². The van der Waals surface area contributed by atoms with Crippen molar-refractivity contribution in [1.29, 1.82) is 5.26 Å². The van der Waals surface area contributed by atoms with Gasteiger partial charge in [0.15, 0.2) is 11.7 Å². The summed E-state index contributed by atoms with van der Waals surface area (Å²) < 4.78 is 0. The molecule has 1 saturated heterocycles. The van der Waals surface area contributed by atoms with E-state index in [1.54, 1.807) is 36.4 Å². The molecule has 2 heterocycles. The van der Waals surface area contributed by atoms with Crippen LogP contribution in [0.4, 0.5) is 10.5 Å². The molecule has 1 aliphatic rings. The standard InChI is InChI=1S/C17H13ClN4O2/c18-13-5-4-11(9-15(13)22-8-7-21-17(22)24)16(23)12(10-19)14-3-1-2-6-20-14/h1-6,9,12H,7-8H2,(H,21,24)/t12-/m0/s1. The first-order chi connectivity index (χ1) is 11.6. The Balaban J connectivity index is 1.96. The largest absolute Gasteiger partial charge is 0.336 e. The van der Waals surface area contributed by atoms with Gasteiger partial charge in [0, 0.05) is 24.8 Å². The first-order valence-electron chi connectivity index (χ1n) is 7.31. The van der Waals surface area contributed by atoms with Gasteiger partial charge >= 0.3 is 6.03 Å². The highest BCUT2D eigenvalue weighted by Crippen LogP contribution is 2.30. The number of hydrogen-bond acceptors (Lipinski definition) is 4. The van der Waals surface area contributed by atoms with Crippen molar-refractivity contribution in [2.24, 2.45) is 0 Å². The highest BCUT2D eigenvalue weighted by atomic mass is 35.5. The fourth-order valence-electron chi connectivity index (χ4n) is 2.55. The molecule has 0 saturated carbocycles. The number of Topliss-reactive ketones (excluding diaryl/α,β-unsaturated/α-hetero) is 1. The number of rotatable bonds is 4. The summed E-state index contributed by atoms with van der Waals surface area (Å²) >= 11 is 6.17. The van der Waals surface area contributed by atoms with Crippen LogP contribution in [0.3, 0.4) is 0 Å². The number of nitrogens with zero attached hydrogens (tertiary/aromatic N) is 3. The number of nitrogens with one attached hydrogen (secondary N) is 1. The van der Waals surface area contributed by atoms with E-state index in [2.05, 4.69) is 10.3 Å². The molecule has 1 fully saturated rings. The molecule has 7 heteroatoms. The van der Waals surface area contributed by atoms with Crippen LogP contribution in [0.15, 0.2) is 42.6 Å². The van der Waals surface area contributed by atoms with Crippen LogP contribution >= 0.6 is 11.6 Å². The number of anilines is 1. The lowest BCUT2D eigenvalue weighted by atomic mass is 9.95. The molecule has 1 aromatic carbocycles. The molecular formula is C17H13ClN4O2. The molecule has 6 nitrogen and oxygen atoms in total. The van der Waals surface area contributed by atoms with Gasteiger partial charge in [0.25, 0.3) is 0 Å². The number of aromatic nitrogens is 1. The van der Waals surface area contributed by atoms with Crippen LogP contribution in [-0.4, -0.2) is 29.9 Å². The molecular weight excluding hydrogens is 328 g/mol. The van der Waals surface area contributed by atoms with Crippen LogP contribution in [-0.2, 0) is 0 Å². The fourth-order valence-corrected chi connectivity index (χ4v) is 2.77. The number of ketones is 1. The molecule has 24 heavy (non-hydrogen) atoms. The van der Waals surface area contributed by atoms with Crippen molar-refractivity contribution in [3.63, 3.8) is 0 Å². The summed E-state index contributed by atoms with van der Waals surface area (Å²) in [7, 11) is 0. The van der Waals surface area contributed by atoms with Crippen LogP contribution in [0.5, 0.6) is 0 Å². The smallest absolute Gasteiger partial charge is 0.322 e. The van der Waals surface area contributed by atoms with Gasteiger partial charge in [-0.3, -0.25) is 14.7 Å². The minimum absolute atomic E-state index is 0.261. The topological polar surface area (TPSA) is 86.1 Å². The van der Waals surface area contributed by atoms with E-state index in [1.807, 2.05) is 6.07 Å². The van der Waals surface area contributed by atoms with Crippen LogP contribution in [0, 0.1) is 11.3 Å². The van der Waals surface area contributed by atoms with E-state index in [0.29, 0.717) is 35.1 Å². The highest BCUT2D eigenvalue weighted by Gasteiger charge is 2.27. The molecule has 2 amide bonds. The van der Waals surface area contributed by atoms with Gasteiger partial charge in [-0.15, -0.1) is 0 Å². The summed E-state index contributed by atoms with van der Waals surface area (Å²) in [4.78, 5) is 30.1. The third-order valence-corrected chi connectivity index (χ3v) is 4.07. The van der Waals surface area contributed by atoms with Crippen molar-refractivity contribution in [1.82, 2.24) is 10.3 Å². The van der Waals surface area contributed by atoms with Gasteiger partial charge in [0.2, 0.25) is 0 Å². The number of carbonyl (C=O) groups excluding carboxylic acids is 2. The second-order valence-electron chi connectivity index (χ2n) is 5.23. The summed E-state index contributed by atoms with van der Waals surface area (Å²) in [5, 5.41) is 12.4. The predicted octanol–water partition coefficient (Wildman–Crippen LogP) is 2.75. The second kappa shape index (κ2) is 6.69. The second-order valence-corrected chi connectivity index (χ2v) is 5.64. The Morgan fingerprint density at radius 3 is 2.83 bits per heavy atom. The number of nitriles is 1. The first kappa shape index (κ1) is 16.0. The first-order valence-corrected chi connectivity index (χ1v) is 7.69. The van der Waals surface area contributed by atoms with Crippen molar-refractivity contribution in [2.45, 2.75) is 5.92 Å². The van der Waals surface area contributed by atoms with Crippen LogP contribution < -0.4 is 10.2 Å². The molecule has 1 aromatic heterocycles. The lowest BCUT2D eigenvalue weighted by Crippen LogP contribution is -2.28. The summed E-state index contributed by atoms with van der Waals surface area (Å²) in [6.45, 7) is 0.986. The minimum Gasteiger partial charge on any atom is -0.336 e. The van der Waals surface area contributed by atoms with Gasteiger partial charge in [-0.2, -0.15) is 5.26 Å². The van der Waals surface area contributed by atoms with Gasteiger partial charge in [-0.1, -0.05) is 17.7 Å². The third-order valence-electron chi connectivity index (χ3n) is 3.75. The highest BCUT2D eigenvalue weighted by molar-refractivity contribution is 6.34. The Hall–Kier alpha value is -2.91. The van der Waals surface area contributed by atoms with Crippen LogP contribution in [0.2, 0.25) is 5.02 Å². The third kappa shape index (κ3) is 2.94. The molecule has 0 unspecified atom stereocenters. The fraction of sp³-hybridized carbons (Fsp3) is 0.176. The van der Waals surface area contributed by atoms with E-state index in [4.69, 9.17) is 11.6 Å². The summed E-state index contributed by atoms with van der Waals surface area (Å²) in [5.41, 5.74) is 1.15. The number of halogens is 1. The number of amides is 2. The number of hydrogen-bond donors (Lipinski definition) is 1. The number of pyridine rings is 1. The monoisotopic (exact) mass is 340 g/mol. The SMILES string of the molecule is N#C[C@H](C(=O)c1ccc(Cl)c(N2CCNC2=O)c1)c1ccccn1. The number of urea groups is 1. The predicted molar refractivity (Wildman–Crippen MR) is 89.1 cm³/mol. The quantitative estimate of drug-likeness (QED) is 0.867. The average Bonchev–Trinajstić information content (AvgIpc) is 3.03. The van der Waals surface area contributed by atoms with Crippen LogP contribution in [0.1, 0.15) is 22.0 Å². The Morgan fingerprint density at radius 1 is 1.38 bits per heavy atom. The van der Waals surface area contributed by atoms with Crippen molar-refractivity contribution in [3.05, 3.63) is 58.9 Å². The van der Waals surface area contributed by atoms with Crippen molar-refractivity contribution >= 4 is 29.1 Å². The molecule has 0 bridgehead atoms. The summed E-state index contributed by atoms with van der Waals surface area (Å²) in [6.07, 6.45) is 1.54. The zero-order valence-corrected chi connectivity index (χ0v) is 13.3. The molecule has 1 atom stereocenters. The maximum absolute atomic E-state index is 12.7. The molecule has 2 aromatic rings. The Labute approximate surface area is 143 Å². The molecule has 120 valence electrons. The Bertz CT molecular complexity index is 832. The van der Waals surface area contributed by atoms with E-state index in [1.165, 1.54) is 11.1 Å². The molecule has 0 radical (unpaired) electrons. The van der Waals surface area contributed by atoms with Crippen molar-refractivity contribution in [2.75, 3.05) is 18.0 Å². The van der Waals surface area contributed by atoms with Gasteiger partial charge < -0.3 is 5.32 Å². The summed E-state index contributed by atoms with van der Waals surface area (Å²) in [5.74, 6) is -1.39. The van der Waals surface area contributed by atoms with Gasteiger partial charge in [0.1, 0.15) is 0 Å². The summed E-state index contributed by atoms with van der Waals surface area (Å²) in [6, 6.07) is 11.5. The van der Waals surface area contributed by atoms with Crippen molar-refractivity contribution < 1.29 is 9.59 Å². The van der Waals surface area contributed by atoms with Gasteiger partial charge in [-0.05, 0) is 30.3 Å². The minimum atomic E-state index is -1.01. The molecule has 0 spiro atoms. The van der Waals surface area contributed by atoms with E-state index in [9.17, 15) is 14.9 Å². The van der Waals surface area contributed by atoms with Crippen molar-refractivity contribution in [3.8, 4) is 6.07 Å². The van der Waals surface area contributed by atoms with Gasteiger partial charge in [-0.25, -0.2) is 4.79 Å². The normalized spacial score (nSPS) is 14.8. The lowest BCUT2D eigenvalue weighted by Gasteiger charge is -2.17. The zero-order valence-electron chi connectivity index (χ0n) is 12.6. The maximum atomic E-state index is 12.7. The molecule has 3 rings (SSSR count). The maximum Gasteiger partial charge on any atom is 0.322 e. The lowest BCUT2D eigenvalue weighted by molar-refractivity contribution is 0.0977. The van der Waals surface area contributed by atoms with E-state index in [0.717, 1.165) is 0 Å².